The smallest absolute Gasteiger partial charge is 0.136 e. The van der Waals surface area contributed by atoms with Crippen LogP contribution >= 0.6 is 0 Å². The van der Waals surface area contributed by atoms with E-state index in [1.54, 1.807) is 18.3 Å². The van der Waals surface area contributed by atoms with Crippen molar-refractivity contribution in [2.45, 2.75) is 25.6 Å². The highest BCUT2D eigenvalue weighted by Crippen LogP contribution is 2.22. The van der Waals surface area contributed by atoms with Crippen LogP contribution in [0.3, 0.4) is 0 Å². The lowest BCUT2D eigenvalue weighted by molar-refractivity contribution is 0.0485. The van der Waals surface area contributed by atoms with E-state index in [-0.39, 0.29) is 18.5 Å². The van der Waals surface area contributed by atoms with Gasteiger partial charge in [0.25, 0.3) is 0 Å². The Morgan fingerprint density at radius 2 is 2.03 bits per heavy atom. The van der Waals surface area contributed by atoms with Gasteiger partial charge in [0.1, 0.15) is 17.4 Å². The monoisotopic (exact) mass is 424 g/mol. The minimum absolute atomic E-state index is 0.115. The molecule has 0 saturated carbocycles. The second kappa shape index (κ2) is 10.0. The summed E-state index contributed by atoms with van der Waals surface area (Å²) in [6, 6.07) is 15.2. The molecular weight excluding hydrogens is 395 g/mol. The molecule has 7 heteroatoms. The third-order valence-corrected chi connectivity index (χ3v) is 5.90. The predicted octanol–water partition coefficient (Wildman–Crippen LogP) is 3.09. The van der Waals surface area contributed by atoms with E-state index in [2.05, 4.69) is 25.4 Å². The highest BCUT2D eigenvalue weighted by atomic mass is 19.1. The lowest BCUT2D eigenvalue weighted by Gasteiger charge is -2.41. The summed E-state index contributed by atoms with van der Waals surface area (Å²) in [6.07, 6.45) is 4.49. The first-order valence-corrected chi connectivity index (χ1v) is 10.6. The molecule has 0 radical (unpaired) electrons. The Kier molecular flexibility index (Phi) is 6.96. The maximum Gasteiger partial charge on any atom is 0.136 e. The summed E-state index contributed by atoms with van der Waals surface area (Å²) in [5.41, 5.74) is 1.83. The van der Waals surface area contributed by atoms with Gasteiger partial charge in [-0.1, -0.05) is 12.1 Å². The van der Waals surface area contributed by atoms with Crippen molar-refractivity contribution < 1.29 is 14.2 Å². The highest BCUT2D eigenvalue weighted by Gasteiger charge is 2.28. The van der Waals surface area contributed by atoms with Gasteiger partial charge in [-0.25, -0.2) is 9.37 Å². The number of aromatic nitrogens is 2. The van der Waals surface area contributed by atoms with E-state index in [0.717, 1.165) is 32.0 Å². The molecule has 1 atom stereocenters. The van der Waals surface area contributed by atoms with Crippen LogP contribution in [-0.4, -0.2) is 63.9 Å². The Hall–Kier alpha value is -2.74. The fourth-order valence-corrected chi connectivity index (χ4v) is 4.23. The van der Waals surface area contributed by atoms with Gasteiger partial charge in [-0.15, -0.1) is 0 Å². The number of benzene rings is 1. The number of pyridine rings is 1. The van der Waals surface area contributed by atoms with E-state index in [4.69, 9.17) is 4.74 Å². The van der Waals surface area contributed by atoms with Crippen molar-refractivity contribution in [3.63, 3.8) is 0 Å². The Morgan fingerprint density at radius 1 is 1.13 bits per heavy atom. The van der Waals surface area contributed by atoms with Gasteiger partial charge in [0.05, 0.1) is 7.11 Å². The molecule has 6 nitrogen and oxygen atoms in total. The molecule has 2 aromatic heterocycles. The van der Waals surface area contributed by atoms with Gasteiger partial charge >= 0.3 is 0 Å². The number of aliphatic hydroxyl groups is 1. The number of rotatable bonds is 8. The van der Waals surface area contributed by atoms with Crippen LogP contribution in [0.4, 0.5) is 4.39 Å². The van der Waals surface area contributed by atoms with Gasteiger partial charge in [-0.05, 0) is 36.8 Å². The molecule has 1 aromatic carbocycles. The molecule has 0 aliphatic carbocycles. The predicted molar refractivity (Wildman–Crippen MR) is 118 cm³/mol. The summed E-state index contributed by atoms with van der Waals surface area (Å²) >= 11 is 0. The standard InChI is InChI=1S/C24H29FN4O2/c1-31-22-8-7-19(23(25)15-22)16-28-13-12-27(17-20(28)9-14-30)18-21-5-4-11-29(21)24-6-2-3-10-26-24/h2-8,10-11,15,20,30H,9,12-14,16-18H2,1H3. The molecule has 1 N–H and O–H groups in total. The second-order valence-electron chi connectivity index (χ2n) is 7.89. The molecule has 1 saturated heterocycles. The quantitative estimate of drug-likeness (QED) is 0.602. The van der Waals surface area contributed by atoms with E-state index in [1.165, 1.54) is 18.9 Å². The van der Waals surface area contributed by atoms with Crippen LogP contribution in [0, 0.1) is 5.82 Å². The normalized spacial score (nSPS) is 17.7. The van der Waals surface area contributed by atoms with Crippen molar-refractivity contribution in [1.29, 1.82) is 0 Å². The zero-order valence-electron chi connectivity index (χ0n) is 17.8. The number of hydrogen-bond donors (Lipinski definition) is 1. The molecule has 0 bridgehead atoms. The Balaban J connectivity index is 1.44. The number of ether oxygens (including phenoxy) is 1. The van der Waals surface area contributed by atoms with Crippen LogP contribution in [0.1, 0.15) is 17.7 Å². The molecular formula is C24H29FN4O2. The topological polar surface area (TPSA) is 53.8 Å². The maximum absolute atomic E-state index is 14.5. The van der Waals surface area contributed by atoms with Crippen LogP contribution in [-0.2, 0) is 13.1 Å². The van der Waals surface area contributed by atoms with Crippen LogP contribution < -0.4 is 4.74 Å². The summed E-state index contributed by atoms with van der Waals surface area (Å²) < 4.78 is 21.7. The average Bonchev–Trinajstić information content (AvgIpc) is 3.25. The van der Waals surface area contributed by atoms with Crippen LogP contribution in [0.5, 0.6) is 5.75 Å². The van der Waals surface area contributed by atoms with Crippen LogP contribution in [0.15, 0.2) is 60.9 Å². The van der Waals surface area contributed by atoms with E-state index < -0.39 is 0 Å². The average molecular weight is 425 g/mol. The third kappa shape index (κ3) is 5.12. The van der Waals surface area contributed by atoms with E-state index in [9.17, 15) is 9.50 Å². The molecule has 1 unspecified atom stereocenters. The summed E-state index contributed by atoms with van der Waals surface area (Å²) in [6.45, 7) is 3.97. The SMILES string of the molecule is COc1ccc(CN2CCN(Cc3cccn3-c3ccccn3)CC2CCO)c(F)c1. The number of hydrogen-bond acceptors (Lipinski definition) is 5. The van der Waals surface area contributed by atoms with Gasteiger partial charge in [0, 0.05) is 75.1 Å². The zero-order chi connectivity index (χ0) is 21.6. The lowest BCUT2D eigenvalue weighted by atomic mass is 10.1. The summed E-state index contributed by atoms with van der Waals surface area (Å²) in [5.74, 6) is 1.18. The van der Waals surface area contributed by atoms with Crippen LogP contribution in [0.2, 0.25) is 0 Å². The first-order chi connectivity index (χ1) is 15.2. The molecule has 3 heterocycles. The third-order valence-electron chi connectivity index (χ3n) is 5.90. The zero-order valence-corrected chi connectivity index (χ0v) is 17.8. The summed E-state index contributed by atoms with van der Waals surface area (Å²) in [5, 5.41) is 9.61. The Morgan fingerprint density at radius 3 is 2.77 bits per heavy atom. The van der Waals surface area contributed by atoms with Crippen molar-refractivity contribution in [2.24, 2.45) is 0 Å². The van der Waals surface area contributed by atoms with Crippen molar-refractivity contribution in [2.75, 3.05) is 33.4 Å². The van der Waals surface area contributed by atoms with Crippen molar-refractivity contribution >= 4 is 0 Å². The van der Waals surface area contributed by atoms with Gasteiger partial charge < -0.3 is 14.4 Å². The molecule has 3 aromatic rings. The molecule has 1 fully saturated rings. The second-order valence-corrected chi connectivity index (χ2v) is 7.89. The fourth-order valence-electron chi connectivity index (χ4n) is 4.23. The number of methoxy groups -OCH3 is 1. The van der Waals surface area contributed by atoms with Crippen molar-refractivity contribution in [3.8, 4) is 11.6 Å². The molecule has 0 amide bonds. The first-order valence-electron chi connectivity index (χ1n) is 10.6. The van der Waals surface area contributed by atoms with E-state index in [0.29, 0.717) is 24.3 Å². The number of aliphatic hydroxyl groups excluding tert-OH is 1. The number of halogens is 1. The minimum atomic E-state index is -0.252. The van der Waals surface area contributed by atoms with Crippen molar-refractivity contribution in [3.05, 3.63) is 78.0 Å². The van der Waals surface area contributed by atoms with Crippen LogP contribution in [0.25, 0.3) is 5.82 Å². The minimum Gasteiger partial charge on any atom is -0.497 e. The first kappa shape index (κ1) is 21.5. The Labute approximate surface area is 182 Å². The maximum atomic E-state index is 14.5. The van der Waals surface area contributed by atoms with E-state index >= 15 is 0 Å². The van der Waals surface area contributed by atoms with Gasteiger partial charge in [-0.3, -0.25) is 9.80 Å². The molecule has 1 aliphatic heterocycles. The number of piperazine rings is 1. The summed E-state index contributed by atoms with van der Waals surface area (Å²) in [4.78, 5) is 9.13. The van der Waals surface area contributed by atoms with Gasteiger partial charge in [-0.2, -0.15) is 0 Å². The molecule has 31 heavy (non-hydrogen) atoms. The largest absolute Gasteiger partial charge is 0.497 e. The van der Waals surface area contributed by atoms with Gasteiger partial charge in [0.15, 0.2) is 0 Å². The Bertz CT molecular complexity index is 979. The van der Waals surface area contributed by atoms with E-state index in [1.807, 2.05) is 30.5 Å². The summed E-state index contributed by atoms with van der Waals surface area (Å²) in [7, 11) is 1.54. The molecule has 0 spiro atoms. The number of nitrogens with zero attached hydrogens (tertiary/aromatic N) is 4. The highest BCUT2D eigenvalue weighted by molar-refractivity contribution is 5.29. The van der Waals surface area contributed by atoms with Crippen molar-refractivity contribution in [1.82, 2.24) is 19.4 Å². The molecule has 164 valence electrons. The lowest BCUT2D eigenvalue weighted by Crippen LogP contribution is -2.52. The fraction of sp³-hybridized carbons (Fsp3) is 0.375. The molecule has 1 aliphatic rings. The molecule has 4 rings (SSSR count). The van der Waals surface area contributed by atoms with Gasteiger partial charge in [0.2, 0.25) is 0 Å².